The number of aryl methyl sites for hydroxylation is 1. The highest BCUT2D eigenvalue weighted by Crippen LogP contribution is 2.30. The predicted molar refractivity (Wildman–Crippen MR) is 113 cm³/mol. The number of halogens is 3. The number of aromatic nitrogens is 2. The van der Waals surface area contributed by atoms with Crippen molar-refractivity contribution >= 4 is 50.7 Å². The van der Waals surface area contributed by atoms with Crippen LogP contribution in [-0.2, 0) is 17.9 Å². The summed E-state index contributed by atoms with van der Waals surface area (Å²) in [6.45, 7) is 2.14. The molecule has 0 amide bonds. The number of thiophene rings is 1. The van der Waals surface area contributed by atoms with Gasteiger partial charge in [-0.25, -0.2) is 9.18 Å². The predicted octanol–water partition coefficient (Wildman–Crippen LogP) is 6.26. The standard InChI is InChI=1S/C21H15Cl2FN2O2S/c1-12-14-9-19(21(27)28-11-15-17(23)7-4-8-18(15)24)29-20(14)26(25-12)10-13-5-2-3-6-16(13)22/h2-9H,10-11H2,1H3. The minimum absolute atomic E-state index is 0.157. The lowest BCUT2D eigenvalue weighted by Gasteiger charge is -2.07. The molecule has 4 rings (SSSR count). The molecule has 0 spiro atoms. The molecule has 2 aromatic heterocycles. The molecule has 0 fully saturated rings. The molecule has 8 heteroatoms. The van der Waals surface area contributed by atoms with E-state index in [1.807, 2.05) is 35.9 Å². The van der Waals surface area contributed by atoms with Crippen LogP contribution >= 0.6 is 34.5 Å². The summed E-state index contributed by atoms with van der Waals surface area (Å²) in [6.07, 6.45) is 0. The second kappa shape index (κ2) is 8.14. The van der Waals surface area contributed by atoms with E-state index in [0.29, 0.717) is 16.4 Å². The normalized spacial score (nSPS) is 11.2. The Labute approximate surface area is 180 Å². The molecule has 0 aliphatic heterocycles. The van der Waals surface area contributed by atoms with Crippen molar-refractivity contribution in [1.82, 2.24) is 9.78 Å². The highest BCUT2D eigenvalue weighted by molar-refractivity contribution is 7.20. The highest BCUT2D eigenvalue weighted by Gasteiger charge is 2.19. The van der Waals surface area contributed by atoms with Gasteiger partial charge in [0.1, 0.15) is 22.1 Å². The Hall–Kier alpha value is -2.41. The number of benzene rings is 2. The van der Waals surface area contributed by atoms with Gasteiger partial charge in [-0.3, -0.25) is 4.68 Å². The molecular formula is C21H15Cl2FN2O2S. The number of nitrogens with zero attached hydrogens (tertiary/aromatic N) is 2. The lowest BCUT2D eigenvalue weighted by Crippen LogP contribution is -2.05. The average molecular weight is 449 g/mol. The molecular weight excluding hydrogens is 434 g/mol. The Balaban J connectivity index is 1.57. The smallest absolute Gasteiger partial charge is 0.348 e. The lowest BCUT2D eigenvalue weighted by molar-refractivity contribution is 0.0475. The van der Waals surface area contributed by atoms with E-state index >= 15 is 0 Å². The van der Waals surface area contributed by atoms with E-state index < -0.39 is 11.8 Å². The first-order chi connectivity index (χ1) is 13.9. The number of esters is 1. The van der Waals surface area contributed by atoms with Gasteiger partial charge in [0, 0.05) is 16.0 Å². The fourth-order valence-corrected chi connectivity index (χ4v) is 4.46. The number of ether oxygens (including phenoxy) is 1. The minimum atomic E-state index is -0.533. The van der Waals surface area contributed by atoms with Crippen LogP contribution in [0.2, 0.25) is 10.0 Å². The second-order valence-electron chi connectivity index (χ2n) is 6.44. The number of hydrogen-bond acceptors (Lipinski definition) is 4. The molecule has 0 saturated carbocycles. The topological polar surface area (TPSA) is 44.1 Å². The van der Waals surface area contributed by atoms with Crippen molar-refractivity contribution in [2.45, 2.75) is 20.1 Å². The maximum absolute atomic E-state index is 13.9. The Morgan fingerprint density at radius 3 is 2.69 bits per heavy atom. The molecule has 0 aliphatic rings. The number of carbonyl (C=O) groups is 1. The first-order valence-electron chi connectivity index (χ1n) is 8.74. The van der Waals surface area contributed by atoms with E-state index in [9.17, 15) is 9.18 Å². The lowest BCUT2D eigenvalue weighted by atomic mass is 10.2. The van der Waals surface area contributed by atoms with Crippen LogP contribution in [0.25, 0.3) is 10.2 Å². The number of carbonyl (C=O) groups excluding carboxylic acids is 1. The highest BCUT2D eigenvalue weighted by atomic mass is 35.5. The van der Waals surface area contributed by atoms with Crippen molar-refractivity contribution < 1.29 is 13.9 Å². The van der Waals surface area contributed by atoms with Crippen molar-refractivity contribution in [2.24, 2.45) is 0 Å². The van der Waals surface area contributed by atoms with Crippen molar-refractivity contribution in [2.75, 3.05) is 0 Å². The average Bonchev–Trinajstić information content (AvgIpc) is 3.25. The SMILES string of the molecule is Cc1nn(Cc2ccccc2Cl)c2sc(C(=O)OCc3c(F)cccc3Cl)cc12. The minimum Gasteiger partial charge on any atom is -0.456 e. The van der Waals surface area contributed by atoms with Gasteiger partial charge in [-0.05, 0) is 36.8 Å². The molecule has 0 saturated heterocycles. The molecule has 0 aliphatic carbocycles. The van der Waals surface area contributed by atoms with Gasteiger partial charge in [-0.15, -0.1) is 11.3 Å². The van der Waals surface area contributed by atoms with Gasteiger partial charge in [-0.1, -0.05) is 47.5 Å². The van der Waals surface area contributed by atoms with Crippen LogP contribution in [0.1, 0.15) is 26.5 Å². The molecule has 2 heterocycles. The molecule has 0 bridgehead atoms. The van der Waals surface area contributed by atoms with Crippen molar-refractivity contribution in [1.29, 1.82) is 0 Å². The van der Waals surface area contributed by atoms with Gasteiger partial charge in [0.05, 0.1) is 17.3 Å². The van der Waals surface area contributed by atoms with Gasteiger partial charge in [0.2, 0.25) is 0 Å². The summed E-state index contributed by atoms with van der Waals surface area (Å²) in [5.41, 5.74) is 1.90. The summed E-state index contributed by atoms with van der Waals surface area (Å²) in [6, 6.07) is 13.6. The van der Waals surface area contributed by atoms with Crippen molar-refractivity contribution in [3.8, 4) is 0 Å². The van der Waals surface area contributed by atoms with E-state index in [-0.39, 0.29) is 17.2 Å². The van der Waals surface area contributed by atoms with Crippen LogP contribution in [-0.4, -0.2) is 15.7 Å². The van der Waals surface area contributed by atoms with Crippen molar-refractivity contribution in [3.05, 3.63) is 86.1 Å². The molecule has 2 aromatic carbocycles. The first kappa shape index (κ1) is 19.9. The zero-order valence-electron chi connectivity index (χ0n) is 15.3. The van der Waals surface area contributed by atoms with Crippen LogP contribution in [0.15, 0.2) is 48.5 Å². The van der Waals surface area contributed by atoms with Crippen LogP contribution in [0, 0.1) is 12.7 Å². The molecule has 0 atom stereocenters. The summed E-state index contributed by atoms with van der Waals surface area (Å²) >= 11 is 13.5. The third-order valence-electron chi connectivity index (χ3n) is 4.50. The quantitative estimate of drug-likeness (QED) is 0.338. The summed E-state index contributed by atoms with van der Waals surface area (Å²) in [5.74, 6) is -1.04. The Kier molecular flexibility index (Phi) is 5.58. The molecule has 29 heavy (non-hydrogen) atoms. The van der Waals surface area contributed by atoms with Crippen LogP contribution < -0.4 is 0 Å². The van der Waals surface area contributed by atoms with Crippen molar-refractivity contribution in [3.63, 3.8) is 0 Å². The van der Waals surface area contributed by atoms with E-state index in [1.54, 1.807) is 12.1 Å². The Bertz CT molecular complexity index is 1200. The fraction of sp³-hybridized carbons (Fsp3) is 0.143. The number of rotatable bonds is 5. The molecule has 148 valence electrons. The zero-order valence-corrected chi connectivity index (χ0v) is 17.6. The Morgan fingerprint density at radius 2 is 1.93 bits per heavy atom. The molecule has 0 N–H and O–H groups in total. The first-order valence-corrected chi connectivity index (χ1v) is 10.3. The zero-order chi connectivity index (χ0) is 20.5. The summed E-state index contributed by atoms with van der Waals surface area (Å²) in [7, 11) is 0. The van der Waals surface area contributed by atoms with E-state index in [4.69, 9.17) is 27.9 Å². The largest absolute Gasteiger partial charge is 0.456 e. The maximum Gasteiger partial charge on any atom is 0.348 e. The van der Waals surface area contributed by atoms with E-state index in [2.05, 4.69) is 5.10 Å². The van der Waals surface area contributed by atoms with E-state index in [0.717, 1.165) is 21.5 Å². The van der Waals surface area contributed by atoms with Gasteiger partial charge in [-0.2, -0.15) is 5.10 Å². The van der Waals surface area contributed by atoms with Gasteiger partial charge in [0.15, 0.2) is 0 Å². The number of fused-ring (bicyclic) bond motifs is 1. The van der Waals surface area contributed by atoms with Gasteiger partial charge < -0.3 is 4.74 Å². The van der Waals surface area contributed by atoms with Gasteiger partial charge >= 0.3 is 5.97 Å². The summed E-state index contributed by atoms with van der Waals surface area (Å²) in [4.78, 5) is 13.8. The summed E-state index contributed by atoms with van der Waals surface area (Å²) in [5, 5.41) is 6.31. The van der Waals surface area contributed by atoms with Gasteiger partial charge in [0.25, 0.3) is 0 Å². The molecule has 4 aromatic rings. The second-order valence-corrected chi connectivity index (χ2v) is 8.29. The fourth-order valence-electron chi connectivity index (χ4n) is 2.99. The van der Waals surface area contributed by atoms with Crippen LogP contribution in [0.5, 0.6) is 0 Å². The molecule has 0 radical (unpaired) electrons. The third kappa shape index (κ3) is 4.01. The van der Waals surface area contributed by atoms with Crippen LogP contribution in [0.3, 0.4) is 0 Å². The summed E-state index contributed by atoms with van der Waals surface area (Å²) < 4.78 is 21.0. The maximum atomic E-state index is 13.9. The third-order valence-corrected chi connectivity index (χ3v) is 6.35. The molecule has 4 nitrogen and oxygen atoms in total. The molecule has 0 unspecified atom stereocenters. The van der Waals surface area contributed by atoms with E-state index in [1.165, 1.54) is 23.5 Å². The Morgan fingerprint density at radius 1 is 1.17 bits per heavy atom. The monoisotopic (exact) mass is 448 g/mol. The van der Waals surface area contributed by atoms with Crippen LogP contribution in [0.4, 0.5) is 4.39 Å². The number of hydrogen-bond donors (Lipinski definition) is 0.